The molecule has 146 valence electrons. The van der Waals surface area contributed by atoms with Gasteiger partial charge < -0.3 is 19.4 Å². The summed E-state index contributed by atoms with van der Waals surface area (Å²) in [5.41, 5.74) is 2.55. The number of benzene rings is 2. The topological polar surface area (TPSA) is 67.5 Å². The van der Waals surface area contributed by atoms with Crippen LogP contribution in [-0.2, 0) is 0 Å². The Morgan fingerprint density at radius 1 is 1.21 bits per heavy atom. The molecule has 7 heteroatoms. The number of halogens is 1. The number of piperidine rings is 1. The fourth-order valence-corrected chi connectivity index (χ4v) is 4.28. The molecule has 6 nitrogen and oxygen atoms in total. The molecule has 1 atom stereocenters. The molecule has 28 heavy (non-hydrogen) atoms. The van der Waals surface area contributed by atoms with Gasteiger partial charge in [-0.1, -0.05) is 12.1 Å². The van der Waals surface area contributed by atoms with E-state index in [1.54, 1.807) is 26.4 Å². The van der Waals surface area contributed by atoms with Crippen LogP contribution in [0.1, 0.15) is 34.9 Å². The number of nitrogens with one attached hydrogen (secondary N) is 1. The van der Waals surface area contributed by atoms with Crippen molar-refractivity contribution in [3.63, 3.8) is 0 Å². The highest BCUT2D eigenvalue weighted by Crippen LogP contribution is 2.36. The van der Waals surface area contributed by atoms with Gasteiger partial charge in [-0.3, -0.25) is 4.79 Å². The maximum atomic E-state index is 13.2. The molecule has 1 aliphatic heterocycles. The maximum Gasteiger partial charge on any atom is 0.254 e. The monoisotopic (exact) mass is 443 g/mol. The van der Waals surface area contributed by atoms with Gasteiger partial charge >= 0.3 is 0 Å². The van der Waals surface area contributed by atoms with Crippen LogP contribution in [0.4, 0.5) is 0 Å². The van der Waals surface area contributed by atoms with Crippen LogP contribution >= 0.6 is 15.9 Å². The van der Waals surface area contributed by atoms with Crippen LogP contribution in [0.5, 0.6) is 11.5 Å². The highest BCUT2D eigenvalue weighted by atomic mass is 79.9. The molecule has 1 aromatic heterocycles. The smallest absolute Gasteiger partial charge is 0.254 e. The molecule has 2 heterocycles. The van der Waals surface area contributed by atoms with Gasteiger partial charge in [0.05, 0.1) is 25.3 Å². The molecule has 4 rings (SSSR count). The zero-order valence-corrected chi connectivity index (χ0v) is 17.5. The second-order valence-corrected chi connectivity index (χ2v) is 7.72. The Labute approximate surface area is 172 Å². The molecule has 1 saturated heterocycles. The number of aromatic amines is 1. The van der Waals surface area contributed by atoms with Crippen LogP contribution in [0.25, 0.3) is 11.0 Å². The number of rotatable bonds is 4. The number of para-hydroxylation sites is 2. The van der Waals surface area contributed by atoms with E-state index >= 15 is 0 Å². The quantitative estimate of drug-likeness (QED) is 0.650. The van der Waals surface area contributed by atoms with Gasteiger partial charge in [0.15, 0.2) is 0 Å². The molecule has 0 saturated carbocycles. The SMILES string of the molecule is COc1cc(C(=O)N2CCC[C@@H](c3nc4ccccc4[nH]3)C2)cc(OC)c1Br. The third-order valence-corrected chi connectivity index (χ3v) is 5.98. The fourth-order valence-electron chi connectivity index (χ4n) is 3.73. The fraction of sp³-hybridized carbons (Fsp3) is 0.333. The number of imidazole rings is 1. The van der Waals surface area contributed by atoms with E-state index in [1.807, 2.05) is 29.2 Å². The molecule has 0 aliphatic carbocycles. The van der Waals surface area contributed by atoms with Gasteiger partial charge in [0, 0.05) is 24.6 Å². The summed E-state index contributed by atoms with van der Waals surface area (Å²) < 4.78 is 11.5. The van der Waals surface area contributed by atoms with E-state index in [-0.39, 0.29) is 11.8 Å². The highest BCUT2D eigenvalue weighted by Gasteiger charge is 2.28. The van der Waals surface area contributed by atoms with E-state index in [4.69, 9.17) is 14.5 Å². The summed E-state index contributed by atoms with van der Waals surface area (Å²) in [6.07, 6.45) is 1.95. The first-order valence-electron chi connectivity index (χ1n) is 9.26. The molecule has 1 N–H and O–H groups in total. The lowest BCUT2D eigenvalue weighted by Gasteiger charge is -2.32. The van der Waals surface area contributed by atoms with Crippen LogP contribution in [0, 0.1) is 0 Å². The van der Waals surface area contributed by atoms with Crippen molar-refractivity contribution >= 4 is 32.9 Å². The molecule has 0 spiro atoms. The molecular weight excluding hydrogens is 422 g/mol. The number of fused-ring (bicyclic) bond motifs is 1. The molecule has 1 fully saturated rings. The van der Waals surface area contributed by atoms with Crippen LogP contribution < -0.4 is 9.47 Å². The molecular formula is C21H22BrN3O3. The molecule has 3 aromatic rings. The summed E-state index contributed by atoms with van der Waals surface area (Å²) in [5, 5.41) is 0. The maximum absolute atomic E-state index is 13.2. The summed E-state index contributed by atoms with van der Waals surface area (Å²) in [4.78, 5) is 23.2. The lowest BCUT2D eigenvalue weighted by atomic mass is 9.96. The number of carbonyl (C=O) groups is 1. The van der Waals surface area contributed by atoms with E-state index in [0.717, 1.165) is 36.2 Å². The number of hydrogen-bond donors (Lipinski definition) is 1. The number of amides is 1. The minimum absolute atomic E-state index is 0.0232. The Morgan fingerprint density at radius 3 is 2.61 bits per heavy atom. The van der Waals surface area contributed by atoms with Crippen molar-refractivity contribution in [3.05, 3.63) is 52.3 Å². The summed E-state index contributed by atoms with van der Waals surface area (Å²) in [6, 6.07) is 11.5. The number of aromatic nitrogens is 2. The van der Waals surface area contributed by atoms with Crippen molar-refractivity contribution < 1.29 is 14.3 Å². The normalized spacial score (nSPS) is 17.0. The first-order valence-corrected chi connectivity index (χ1v) is 10.1. The number of ether oxygens (including phenoxy) is 2. The molecule has 2 aromatic carbocycles. The van der Waals surface area contributed by atoms with Crippen molar-refractivity contribution in [1.29, 1.82) is 0 Å². The Kier molecular flexibility index (Phi) is 5.26. The van der Waals surface area contributed by atoms with Crippen molar-refractivity contribution in [3.8, 4) is 11.5 Å². The Balaban J connectivity index is 1.58. The molecule has 0 unspecified atom stereocenters. The number of carbonyl (C=O) groups excluding carboxylic acids is 1. The summed E-state index contributed by atoms with van der Waals surface area (Å²) in [5.74, 6) is 2.28. The van der Waals surface area contributed by atoms with Gasteiger partial charge in [-0.05, 0) is 53.0 Å². The lowest BCUT2D eigenvalue weighted by Crippen LogP contribution is -2.39. The van der Waals surface area contributed by atoms with Crippen LogP contribution in [0.3, 0.4) is 0 Å². The third kappa shape index (κ3) is 3.46. The predicted molar refractivity (Wildman–Crippen MR) is 111 cm³/mol. The number of hydrogen-bond acceptors (Lipinski definition) is 4. The Bertz CT molecular complexity index is 959. The molecule has 0 radical (unpaired) electrons. The highest BCUT2D eigenvalue weighted by molar-refractivity contribution is 9.10. The van der Waals surface area contributed by atoms with Gasteiger partial charge in [-0.2, -0.15) is 0 Å². The van der Waals surface area contributed by atoms with Crippen molar-refractivity contribution in [2.45, 2.75) is 18.8 Å². The van der Waals surface area contributed by atoms with Crippen molar-refractivity contribution in [1.82, 2.24) is 14.9 Å². The molecule has 1 amide bonds. The predicted octanol–water partition coefficient (Wildman–Crippen LogP) is 4.36. The zero-order chi connectivity index (χ0) is 19.7. The molecule has 1 aliphatic rings. The second kappa shape index (κ2) is 7.83. The summed E-state index contributed by atoms with van der Waals surface area (Å²) >= 11 is 3.45. The Hall–Kier alpha value is -2.54. The second-order valence-electron chi connectivity index (χ2n) is 6.92. The third-order valence-electron chi connectivity index (χ3n) is 5.20. The minimum atomic E-state index is -0.0232. The van der Waals surface area contributed by atoms with E-state index in [1.165, 1.54) is 0 Å². The molecule has 0 bridgehead atoms. The van der Waals surface area contributed by atoms with E-state index in [0.29, 0.717) is 28.1 Å². The zero-order valence-electron chi connectivity index (χ0n) is 15.9. The number of likely N-dealkylation sites (tertiary alicyclic amines) is 1. The van der Waals surface area contributed by atoms with Crippen LogP contribution in [-0.4, -0.2) is 48.1 Å². The standard InChI is InChI=1S/C21H22BrN3O3/c1-27-17-10-14(11-18(28-2)19(17)22)21(26)25-9-5-6-13(12-25)20-23-15-7-3-4-8-16(15)24-20/h3-4,7-8,10-11,13H,5-6,9,12H2,1-2H3,(H,23,24)/t13-/m1/s1. The van der Waals surface area contributed by atoms with Gasteiger partial charge in [-0.25, -0.2) is 4.98 Å². The van der Waals surface area contributed by atoms with E-state index < -0.39 is 0 Å². The summed E-state index contributed by atoms with van der Waals surface area (Å²) in [7, 11) is 3.15. The van der Waals surface area contributed by atoms with Crippen LogP contribution in [0.15, 0.2) is 40.9 Å². The first kappa shape index (κ1) is 18.8. The number of nitrogens with zero attached hydrogens (tertiary/aromatic N) is 2. The van der Waals surface area contributed by atoms with Gasteiger partial charge in [0.2, 0.25) is 0 Å². The van der Waals surface area contributed by atoms with Gasteiger partial charge in [0.25, 0.3) is 5.91 Å². The number of H-pyrrole nitrogens is 1. The van der Waals surface area contributed by atoms with Crippen molar-refractivity contribution in [2.24, 2.45) is 0 Å². The Morgan fingerprint density at radius 2 is 1.93 bits per heavy atom. The number of methoxy groups -OCH3 is 2. The first-order chi connectivity index (χ1) is 13.6. The minimum Gasteiger partial charge on any atom is -0.495 e. The largest absolute Gasteiger partial charge is 0.495 e. The van der Waals surface area contributed by atoms with Crippen LogP contribution in [0.2, 0.25) is 0 Å². The van der Waals surface area contributed by atoms with Gasteiger partial charge in [0.1, 0.15) is 21.8 Å². The lowest BCUT2D eigenvalue weighted by molar-refractivity contribution is 0.0704. The average Bonchev–Trinajstić information content (AvgIpc) is 3.18. The van der Waals surface area contributed by atoms with E-state index in [9.17, 15) is 4.79 Å². The van der Waals surface area contributed by atoms with E-state index in [2.05, 4.69) is 20.9 Å². The van der Waals surface area contributed by atoms with Gasteiger partial charge in [-0.15, -0.1) is 0 Å². The summed E-state index contributed by atoms with van der Waals surface area (Å²) in [6.45, 7) is 1.37. The average molecular weight is 444 g/mol. The van der Waals surface area contributed by atoms with Crippen molar-refractivity contribution in [2.75, 3.05) is 27.3 Å².